The van der Waals surface area contributed by atoms with Gasteiger partial charge in [0.15, 0.2) is 11.5 Å². The number of benzene rings is 2. The number of hydrogen-bond donors (Lipinski definition) is 1. The Kier molecular flexibility index (Phi) is 9.45. The molecular formula is C27H39N3O4. The van der Waals surface area contributed by atoms with Crippen LogP contribution in [0.2, 0.25) is 0 Å². The van der Waals surface area contributed by atoms with Crippen LogP contribution in [0.1, 0.15) is 30.9 Å². The lowest BCUT2D eigenvalue weighted by Crippen LogP contribution is -2.47. The average molecular weight is 470 g/mol. The molecule has 0 radical (unpaired) electrons. The summed E-state index contributed by atoms with van der Waals surface area (Å²) in [5.41, 5.74) is 3.54. The third kappa shape index (κ3) is 6.79. The first-order valence-electron chi connectivity index (χ1n) is 12.1. The van der Waals surface area contributed by atoms with Crippen molar-refractivity contribution in [2.45, 2.75) is 39.2 Å². The van der Waals surface area contributed by atoms with E-state index in [9.17, 15) is 4.79 Å². The van der Waals surface area contributed by atoms with Gasteiger partial charge in [-0.3, -0.25) is 9.69 Å². The van der Waals surface area contributed by atoms with E-state index in [1.54, 1.807) is 21.3 Å². The standard InChI is InChI=1S/C27H39N3O4/c1-20-7-6-8-23(19-20)30-17-15-29(16-18-30)14-13-21(2)28-25(31)12-10-22-9-11-24(32-3)27(34-5)26(22)33-4/h6-9,11,19,21H,10,12-18H2,1-5H3,(H,28,31). The Morgan fingerprint density at radius 2 is 1.74 bits per heavy atom. The van der Waals surface area contributed by atoms with Crippen molar-refractivity contribution >= 4 is 11.6 Å². The molecule has 186 valence electrons. The number of anilines is 1. The quantitative estimate of drug-likeness (QED) is 0.542. The van der Waals surface area contributed by atoms with Crippen LogP contribution in [0.25, 0.3) is 0 Å². The van der Waals surface area contributed by atoms with Gasteiger partial charge < -0.3 is 24.4 Å². The van der Waals surface area contributed by atoms with Gasteiger partial charge in [-0.2, -0.15) is 0 Å². The second kappa shape index (κ2) is 12.5. The lowest BCUT2D eigenvalue weighted by molar-refractivity contribution is -0.121. The number of piperazine rings is 1. The number of carbonyl (C=O) groups is 1. The zero-order chi connectivity index (χ0) is 24.5. The summed E-state index contributed by atoms with van der Waals surface area (Å²) in [6.07, 6.45) is 1.91. The highest BCUT2D eigenvalue weighted by atomic mass is 16.5. The van der Waals surface area contributed by atoms with Gasteiger partial charge in [0.2, 0.25) is 11.7 Å². The highest BCUT2D eigenvalue weighted by Gasteiger charge is 2.19. The number of hydrogen-bond acceptors (Lipinski definition) is 6. The average Bonchev–Trinajstić information content (AvgIpc) is 2.85. The Balaban J connectivity index is 1.40. The first-order chi connectivity index (χ1) is 16.4. The van der Waals surface area contributed by atoms with E-state index in [2.05, 4.69) is 53.2 Å². The van der Waals surface area contributed by atoms with Crippen LogP contribution in [-0.2, 0) is 11.2 Å². The minimum Gasteiger partial charge on any atom is -0.493 e. The molecule has 1 saturated heterocycles. The molecule has 7 heteroatoms. The van der Waals surface area contributed by atoms with E-state index >= 15 is 0 Å². The Bertz CT molecular complexity index is 941. The third-order valence-corrected chi connectivity index (χ3v) is 6.43. The largest absolute Gasteiger partial charge is 0.493 e. The molecule has 1 aliphatic rings. The second-order valence-electron chi connectivity index (χ2n) is 8.92. The summed E-state index contributed by atoms with van der Waals surface area (Å²) in [5.74, 6) is 1.83. The fourth-order valence-electron chi connectivity index (χ4n) is 4.46. The van der Waals surface area contributed by atoms with Gasteiger partial charge >= 0.3 is 0 Å². The number of nitrogens with one attached hydrogen (secondary N) is 1. The van der Waals surface area contributed by atoms with Crippen molar-refractivity contribution in [2.24, 2.45) is 0 Å². The van der Waals surface area contributed by atoms with Crippen LogP contribution in [0.3, 0.4) is 0 Å². The molecule has 1 aliphatic heterocycles. The second-order valence-corrected chi connectivity index (χ2v) is 8.92. The maximum absolute atomic E-state index is 12.6. The molecule has 2 aromatic carbocycles. The minimum atomic E-state index is 0.0496. The van der Waals surface area contributed by atoms with Gasteiger partial charge in [0, 0.05) is 50.9 Å². The van der Waals surface area contributed by atoms with Gasteiger partial charge in [0.1, 0.15) is 0 Å². The van der Waals surface area contributed by atoms with E-state index in [1.165, 1.54) is 11.3 Å². The Morgan fingerprint density at radius 1 is 1.00 bits per heavy atom. The third-order valence-electron chi connectivity index (χ3n) is 6.43. The molecule has 0 saturated carbocycles. The Labute approximate surface area is 204 Å². The van der Waals surface area contributed by atoms with E-state index in [0.29, 0.717) is 30.1 Å². The first-order valence-corrected chi connectivity index (χ1v) is 12.1. The van der Waals surface area contributed by atoms with Crippen molar-refractivity contribution in [3.05, 3.63) is 47.5 Å². The molecule has 1 unspecified atom stereocenters. The van der Waals surface area contributed by atoms with Crippen LogP contribution in [0, 0.1) is 6.92 Å². The van der Waals surface area contributed by atoms with Crippen LogP contribution in [0.4, 0.5) is 5.69 Å². The molecule has 1 heterocycles. The van der Waals surface area contributed by atoms with Crippen LogP contribution >= 0.6 is 0 Å². The van der Waals surface area contributed by atoms with Crippen LogP contribution < -0.4 is 24.4 Å². The molecule has 2 aromatic rings. The number of aryl methyl sites for hydroxylation is 2. The molecule has 0 bridgehead atoms. The summed E-state index contributed by atoms with van der Waals surface area (Å²) in [6.45, 7) is 9.39. The summed E-state index contributed by atoms with van der Waals surface area (Å²) >= 11 is 0. The van der Waals surface area contributed by atoms with E-state index in [0.717, 1.165) is 44.7 Å². The molecule has 34 heavy (non-hydrogen) atoms. The lowest BCUT2D eigenvalue weighted by atomic mass is 10.1. The summed E-state index contributed by atoms with van der Waals surface area (Å²) in [6, 6.07) is 12.6. The monoisotopic (exact) mass is 469 g/mol. The summed E-state index contributed by atoms with van der Waals surface area (Å²) in [4.78, 5) is 17.5. The lowest BCUT2D eigenvalue weighted by Gasteiger charge is -2.36. The molecule has 0 aliphatic carbocycles. The van der Waals surface area contributed by atoms with Gasteiger partial charge in [-0.05, 0) is 56.0 Å². The SMILES string of the molecule is COc1ccc(CCC(=O)NC(C)CCN2CCN(c3cccc(C)c3)CC2)c(OC)c1OC. The molecule has 1 amide bonds. The highest BCUT2D eigenvalue weighted by molar-refractivity contribution is 5.76. The smallest absolute Gasteiger partial charge is 0.220 e. The zero-order valence-corrected chi connectivity index (χ0v) is 21.2. The van der Waals surface area contributed by atoms with E-state index < -0.39 is 0 Å². The maximum atomic E-state index is 12.6. The van der Waals surface area contributed by atoms with Crippen molar-refractivity contribution in [1.29, 1.82) is 0 Å². The number of amides is 1. The van der Waals surface area contributed by atoms with Crippen LogP contribution in [0.15, 0.2) is 36.4 Å². The fourth-order valence-corrected chi connectivity index (χ4v) is 4.46. The van der Waals surface area contributed by atoms with Crippen molar-refractivity contribution < 1.29 is 19.0 Å². The van der Waals surface area contributed by atoms with Gasteiger partial charge in [-0.1, -0.05) is 18.2 Å². The fraction of sp³-hybridized carbons (Fsp3) is 0.519. The number of nitrogens with zero attached hydrogens (tertiary/aromatic N) is 2. The number of rotatable bonds is 11. The van der Waals surface area contributed by atoms with Crippen molar-refractivity contribution in [2.75, 3.05) is 59.0 Å². The minimum absolute atomic E-state index is 0.0496. The molecule has 1 atom stereocenters. The zero-order valence-electron chi connectivity index (χ0n) is 21.2. The van der Waals surface area contributed by atoms with Gasteiger partial charge in [-0.15, -0.1) is 0 Å². The summed E-state index contributed by atoms with van der Waals surface area (Å²) in [5, 5.41) is 3.15. The molecule has 7 nitrogen and oxygen atoms in total. The predicted octanol–water partition coefficient (Wildman–Crippen LogP) is 3.67. The summed E-state index contributed by atoms with van der Waals surface area (Å²) in [7, 11) is 4.78. The Hall–Kier alpha value is -2.93. The molecule has 0 spiro atoms. The molecule has 0 aromatic heterocycles. The molecular weight excluding hydrogens is 430 g/mol. The van der Waals surface area contributed by atoms with Crippen molar-refractivity contribution in [3.63, 3.8) is 0 Å². The van der Waals surface area contributed by atoms with Crippen molar-refractivity contribution in [1.82, 2.24) is 10.2 Å². The molecule has 3 rings (SSSR count). The van der Waals surface area contributed by atoms with E-state index in [4.69, 9.17) is 14.2 Å². The number of methoxy groups -OCH3 is 3. The maximum Gasteiger partial charge on any atom is 0.220 e. The summed E-state index contributed by atoms with van der Waals surface area (Å²) < 4.78 is 16.3. The topological polar surface area (TPSA) is 63.3 Å². The van der Waals surface area contributed by atoms with Gasteiger partial charge in [-0.25, -0.2) is 0 Å². The van der Waals surface area contributed by atoms with Gasteiger partial charge in [0.25, 0.3) is 0 Å². The van der Waals surface area contributed by atoms with Gasteiger partial charge in [0.05, 0.1) is 21.3 Å². The highest BCUT2D eigenvalue weighted by Crippen LogP contribution is 2.40. The Morgan fingerprint density at radius 3 is 2.38 bits per heavy atom. The number of carbonyl (C=O) groups excluding carboxylic acids is 1. The van der Waals surface area contributed by atoms with E-state index in [1.807, 2.05) is 12.1 Å². The van der Waals surface area contributed by atoms with Crippen molar-refractivity contribution in [3.8, 4) is 17.2 Å². The van der Waals surface area contributed by atoms with Crippen LogP contribution in [0.5, 0.6) is 17.2 Å². The molecule has 1 fully saturated rings. The molecule has 1 N–H and O–H groups in total. The van der Waals surface area contributed by atoms with E-state index in [-0.39, 0.29) is 11.9 Å². The predicted molar refractivity (Wildman–Crippen MR) is 136 cm³/mol. The first kappa shape index (κ1) is 25.7. The van der Waals surface area contributed by atoms with Crippen LogP contribution in [-0.4, -0.2) is 70.9 Å². The number of ether oxygens (including phenoxy) is 3. The normalized spacial score (nSPS) is 15.0.